The van der Waals surface area contributed by atoms with E-state index in [1.807, 2.05) is 32.0 Å². The van der Waals surface area contributed by atoms with Crippen molar-refractivity contribution in [1.29, 1.82) is 5.26 Å². The number of rotatable bonds is 7. The zero-order valence-electron chi connectivity index (χ0n) is 14.6. The lowest BCUT2D eigenvalue weighted by atomic mass is 10.2. The lowest BCUT2D eigenvalue weighted by Gasteiger charge is -2.11. The average molecular weight is 349 g/mol. The Labute approximate surface area is 151 Å². The summed E-state index contributed by atoms with van der Waals surface area (Å²) in [4.78, 5) is 8.62. The number of nitriles is 1. The second kappa shape index (κ2) is 7.98. The van der Waals surface area contributed by atoms with Gasteiger partial charge in [-0.05, 0) is 38.1 Å². The fourth-order valence-electron chi connectivity index (χ4n) is 2.32. The third-order valence-corrected chi connectivity index (χ3v) is 3.59. The molecule has 0 aliphatic heterocycles. The summed E-state index contributed by atoms with van der Waals surface area (Å²) in [5.41, 5.74) is 2.25. The van der Waals surface area contributed by atoms with Gasteiger partial charge in [0.15, 0.2) is 5.82 Å². The number of ether oxygens (including phenoxy) is 1. The quantitative estimate of drug-likeness (QED) is 0.562. The van der Waals surface area contributed by atoms with Gasteiger partial charge in [-0.2, -0.15) is 10.4 Å². The van der Waals surface area contributed by atoms with Gasteiger partial charge in [-0.15, -0.1) is 0 Å². The molecule has 3 heterocycles. The highest BCUT2D eigenvalue weighted by Gasteiger charge is 2.07. The van der Waals surface area contributed by atoms with Gasteiger partial charge in [-0.3, -0.25) is 10.1 Å². The predicted octanol–water partition coefficient (Wildman–Crippen LogP) is 2.92. The first kappa shape index (κ1) is 17.2. The smallest absolute Gasteiger partial charge is 0.153 e. The summed E-state index contributed by atoms with van der Waals surface area (Å²) >= 11 is 0. The largest absolute Gasteiger partial charge is 0.490 e. The molecule has 0 atom stereocenters. The molecule has 0 saturated carbocycles. The van der Waals surface area contributed by atoms with Crippen molar-refractivity contribution >= 4 is 17.5 Å². The lowest BCUT2D eigenvalue weighted by molar-refractivity contribution is 0.329. The van der Waals surface area contributed by atoms with Crippen molar-refractivity contribution in [3.8, 4) is 11.8 Å². The highest BCUT2D eigenvalue weighted by molar-refractivity contribution is 5.60. The number of aromatic amines is 1. The molecule has 3 aromatic heterocycles. The van der Waals surface area contributed by atoms with Gasteiger partial charge in [0.2, 0.25) is 0 Å². The third-order valence-electron chi connectivity index (χ3n) is 3.59. The summed E-state index contributed by atoms with van der Waals surface area (Å²) in [7, 11) is 0. The topological polar surface area (TPSA) is 112 Å². The molecule has 0 aromatic carbocycles. The zero-order chi connectivity index (χ0) is 18.4. The van der Waals surface area contributed by atoms with Crippen LogP contribution in [0.4, 0.5) is 17.5 Å². The molecule has 0 bridgehead atoms. The molecular formula is C18H19N7O. The van der Waals surface area contributed by atoms with Crippen LogP contribution in [0.15, 0.2) is 36.5 Å². The minimum Gasteiger partial charge on any atom is -0.490 e. The SMILES string of the molecule is Cc1cc(Nc2ccc(C#N)c(NCCOc3cccnc3C)n2)n[nH]1. The molecule has 0 aliphatic carbocycles. The molecule has 0 amide bonds. The van der Waals surface area contributed by atoms with Crippen LogP contribution in [0.25, 0.3) is 0 Å². The maximum absolute atomic E-state index is 9.27. The summed E-state index contributed by atoms with van der Waals surface area (Å²) in [6.45, 7) is 4.74. The summed E-state index contributed by atoms with van der Waals surface area (Å²) in [6.07, 6.45) is 1.73. The molecule has 0 fully saturated rings. The minimum atomic E-state index is 0.426. The van der Waals surface area contributed by atoms with E-state index in [0.29, 0.717) is 36.2 Å². The van der Waals surface area contributed by atoms with Gasteiger partial charge < -0.3 is 15.4 Å². The minimum absolute atomic E-state index is 0.426. The van der Waals surface area contributed by atoms with Crippen LogP contribution in [0.1, 0.15) is 17.0 Å². The van der Waals surface area contributed by atoms with E-state index in [4.69, 9.17) is 4.74 Å². The number of H-pyrrole nitrogens is 1. The first-order valence-electron chi connectivity index (χ1n) is 8.14. The molecular weight excluding hydrogens is 330 g/mol. The highest BCUT2D eigenvalue weighted by atomic mass is 16.5. The van der Waals surface area contributed by atoms with Crippen LogP contribution in [0, 0.1) is 25.2 Å². The number of hydrogen-bond acceptors (Lipinski definition) is 7. The number of pyridine rings is 2. The Morgan fingerprint density at radius 2 is 2.12 bits per heavy atom. The van der Waals surface area contributed by atoms with E-state index in [1.54, 1.807) is 18.3 Å². The molecule has 8 heteroatoms. The van der Waals surface area contributed by atoms with Gasteiger partial charge in [0.1, 0.15) is 30.1 Å². The number of nitrogens with zero attached hydrogens (tertiary/aromatic N) is 4. The monoisotopic (exact) mass is 349 g/mol. The van der Waals surface area contributed by atoms with Crippen molar-refractivity contribution in [3.63, 3.8) is 0 Å². The van der Waals surface area contributed by atoms with Crippen molar-refractivity contribution in [3.05, 3.63) is 53.5 Å². The van der Waals surface area contributed by atoms with Gasteiger partial charge in [0.05, 0.1) is 17.8 Å². The highest BCUT2D eigenvalue weighted by Crippen LogP contribution is 2.19. The molecule has 3 aromatic rings. The van der Waals surface area contributed by atoms with Gasteiger partial charge in [0, 0.05) is 18.0 Å². The van der Waals surface area contributed by atoms with Crippen molar-refractivity contribution in [2.75, 3.05) is 23.8 Å². The van der Waals surface area contributed by atoms with Gasteiger partial charge in [-0.1, -0.05) is 0 Å². The molecule has 26 heavy (non-hydrogen) atoms. The number of nitrogens with one attached hydrogen (secondary N) is 3. The molecule has 0 unspecified atom stereocenters. The first-order valence-corrected chi connectivity index (χ1v) is 8.14. The Morgan fingerprint density at radius 1 is 1.23 bits per heavy atom. The first-order chi connectivity index (χ1) is 12.7. The van der Waals surface area contributed by atoms with Crippen LogP contribution in [0.5, 0.6) is 5.75 Å². The Kier molecular flexibility index (Phi) is 5.29. The van der Waals surface area contributed by atoms with Crippen LogP contribution in [0.3, 0.4) is 0 Å². The molecule has 0 saturated heterocycles. The van der Waals surface area contributed by atoms with Crippen LogP contribution < -0.4 is 15.4 Å². The molecule has 132 valence electrons. The van der Waals surface area contributed by atoms with E-state index in [1.165, 1.54) is 0 Å². The summed E-state index contributed by atoms with van der Waals surface area (Å²) in [5.74, 6) is 2.51. The summed E-state index contributed by atoms with van der Waals surface area (Å²) in [5, 5.41) is 22.5. The molecule has 8 nitrogen and oxygen atoms in total. The lowest BCUT2D eigenvalue weighted by Crippen LogP contribution is -2.14. The van der Waals surface area contributed by atoms with Gasteiger partial charge in [0.25, 0.3) is 0 Å². The molecule has 3 rings (SSSR count). The average Bonchev–Trinajstić information content (AvgIpc) is 3.05. The van der Waals surface area contributed by atoms with Crippen molar-refractivity contribution in [1.82, 2.24) is 20.2 Å². The Hall–Kier alpha value is -3.60. The van der Waals surface area contributed by atoms with Crippen LogP contribution in [0.2, 0.25) is 0 Å². The van der Waals surface area contributed by atoms with E-state index in [0.717, 1.165) is 17.1 Å². The fraction of sp³-hybridized carbons (Fsp3) is 0.222. The van der Waals surface area contributed by atoms with E-state index in [-0.39, 0.29) is 0 Å². The molecule has 0 spiro atoms. The van der Waals surface area contributed by atoms with Crippen LogP contribution in [-0.4, -0.2) is 33.3 Å². The zero-order valence-corrected chi connectivity index (χ0v) is 14.6. The van der Waals surface area contributed by atoms with Crippen molar-refractivity contribution < 1.29 is 4.74 Å². The predicted molar refractivity (Wildman–Crippen MR) is 98.5 cm³/mol. The molecule has 0 aliphatic rings. The summed E-state index contributed by atoms with van der Waals surface area (Å²) in [6, 6.07) is 11.2. The summed E-state index contributed by atoms with van der Waals surface area (Å²) < 4.78 is 5.70. The van der Waals surface area contributed by atoms with E-state index < -0.39 is 0 Å². The van der Waals surface area contributed by atoms with Crippen molar-refractivity contribution in [2.24, 2.45) is 0 Å². The van der Waals surface area contributed by atoms with E-state index >= 15 is 0 Å². The third kappa shape index (κ3) is 4.27. The number of hydrogen-bond donors (Lipinski definition) is 3. The van der Waals surface area contributed by atoms with Crippen molar-refractivity contribution in [2.45, 2.75) is 13.8 Å². The van der Waals surface area contributed by atoms with Crippen LogP contribution >= 0.6 is 0 Å². The standard InChI is InChI=1S/C18H19N7O/c1-12-10-17(25-24-12)22-16-6-5-14(11-19)18(23-16)21-8-9-26-15-4-3-7-20-13(15)2/h3-7,10H,8-9H2,1-2H3,(H3,21,22,23,24,25). The molecule has 3 N–H and O–H groups in total. The second-order valence-corrected chi connectivity index (χ2v) is 5.63. The fourth-order valence-corrected chi connectivity index (χ4v) is 2.32. The normalized spacial score (nSPS) is 10.2. The number of anilines is 3. The molecule has 0 radical (unpaired) electrons. The number of aryl methyl sites for hydroxylation is 2. The van der Waals surface area contributed by atoms with Crippen LogP contribution in [-0.2, 0) is 0 Å². The van der Waals surface area contributed by atoms with Gasteiger partial charge in [-0.25, -0.2) is 4.98 Å². The Bertz CT molecular complexity index is 929. The Balaban J connectivity index is 1.61. The van der Waals surface area contributed by atoms with E-state index in [9.17, 15) is 5.26 Å². The Morgan fingerprint density at radius 3 is 2.85 bits per heavy atom. The van der Waals surface area contributed by atoms with Gasteiger partial charge >= 0.3 is 0 Å². The second-order valence-electron chi connectivity index (χ2n) is 5.63. The number of aromatic nitrogens is 4. The van der Waals surface area contributed by atoms with E-state index in [2.05, 4.69) is 36.9 Å². The maximum Gasteiger partial charge on any atom is 0.153 e. The maximum atomic E-state index is 9.27.